The first kappa shape index (κ1) is 45.9. The van der Waals surface area contributed by atoms with E-state index >= 15 is 0 Å². The maximum atomic E-state index is 3.97. The van der Waals surface area contributed by atoms with Gasteiger partial charge in [-0.3, -0.25) is 0 Å². The van der Waals surface area contributed by atoms with Gasteiger partial charge in [0.05, 0.1) is 0 Å². The van der Waals surface area contributed by atoms with Crippen LogP contribution in [0.1, 0.15) is 180 Å². The minimum Gasteiger partial charge on any atom is -0.103 e. The average Bonchev–Trinajstić information content (AvgIpc) is 2.88. The second-order valence-corrected chi connectivity index (χ2v) is 13.7. The molecule has 40 heavy (non-hydrogen) atoms. The van der Waals surface area contributed by atoms with Crippen LogP contribution in [0.15, 0.2) is 48.1 Å². The molecule has 0 rings (SSSR count). The van der Waals surface area contributed by atoms with Gasteiger partial charge in [-0.15, -0.1) is 6.58 Å². The fourth-order valence-electron chi connectivity index (χ4n) is 3.57. The summed E-state index contributed by atoms with van der Waals surface area (Å²) in [4.78, 5) is 0. The fraction of sp³-hybridized carbons (Fsp3) is 0.800. The highest BCUT2D eigenvalue weighted by Gasteiger charge is 1.98. The Morgan fingerprint density at radius 3 is 1.52 bits per heavy atom. The van der Waals surface area contributed by atoms with Crippen LogP contribution in [0.5, 0.6) is 0 Å². The first-order chi connectivity index (χ1) is 18.7. The van der Waals surface area contributed by atoms with Gasteiger partial charge >= 0.3 is 0 Å². The Morgan fingerprint density at radius 1 is 0.625 bits per heavy atom. The minimum atomic E-state index is 0.707. The molecule has 0 heterocycles. The van der Waals surface area contributed by atoms with Crippen LogP contribution in [0.25, 0.3) is 0 Å². The minimum absolute atomic E-state index is 0.707. The topological polar surface area (TPSA) is 0 Å². The van der Waals surface area contributed by atoms with E-state index in [-0.39, 0.29) is 0 Å². The molecule has 0 aliphatic rings. The largest absolute Gasteiger partial charge is 0.103 e. The summed E-state index contributed by atoms with van der Waals surface area (Å²) < 4.78 is 0. The van der Waals surface area contributed by atoms with Crippen LogP contribution in [0.4, 0.5) is 0 Å². The summed E-state index contributed by atoms with van der Waals surface area (Å²) in [6.45, 7) is 39.1. The molecule has 0 aliphatic carbocycles. The Bertz CT molecular complexity index is 579. The van der Waals surface area contributed by atoms with Crippen LogP contribution in [-0.2, 0) is 0 Å². The van der Waals surface area contributed by atoms with Crippen molar-refractivity contribution in [2.45, 2.75) is 180 Å². The van der Waals surface area contributed by atoms with E-state index < -0.39 is 0 Å². The molecule has 0 radical (unpaired) electrons. The van der Waals surface area contributed by atoms with Gasteiger partial charge in [0.2, 0.25) is 0 Å². The number of hydrogen-bond acceptors (Lipinski definition) is 0. The molecule has 0 nitrogen and oxygen atoms in total. The fourth-order valence-corrected chi connectivity index (χ4v) is 3.57. The molecule has 0 saturated carbocycles. The molecule has 0 amide bonds. The van der Waals surface area contributed by atoms with Crippen molar-refractivity contribution in [2.24, 2.45) is 29.6 Å². The first-order valence-electron chi connectivity index (χ1n) is 17.2. The lowest BCUT2D eigenvalue weighted by Gasteiger charge is -2.06. The summed E-state index contributed by atoms with van der Waals surface area (Å²) in [5.41, 5.74) is 4.38. The molecule has 2 unspecified atom stereocenters. The predicted octanol–water partition coefficient (Wildman–Crippen LogP) is 15.0. The Balaban J connectivity index is -0.000000216. The Kier molecular flexibility index (Phi) is 39.2. The third-order valence-corrected chi connectivity index (χ3v) is 7.36. The quantitative estimate of drug-likeness (QED) is 0.146. The summed E-state index contributed by atoms with van der Waals surface area (Å²) in [6, 6.07) is 0. The second-order valence-electron chi connectivity index (χ2n) is 13.7. The van der Waals surface area contributed by atoms with Crippen LogP contribution < -0.4 is 0 Å². The monoisotopic (exact) mass is 561 g/mol. The van der Waals surface area contributed by atoms with E-state index in [0.29, 0.717) is 5.92 Å². The van der Waals surface area contributed by atoms with Gasteiger partial charge in [0.25, 0.3) is 0 Å². The van der Waals surface area contributed by atoms with Crippen LogP contribution in [0.2, 0.25) is 0 Å². The number of allylic oxidation sites excluding steroid dienone is 6. The zero-order valence-corrected chi connectivity index (χ0v) is 30.7. The van der Waals surface area contributed by atoms with Crippen molar-refractivity contribution in [1.82, 2.24) is 0 Å². The van der Waals surface area contributed by atoms with Gasteiger partial charge < -0.3 is 0 Å². The third-order valence-electron chi connectivity index (χ3n) is 7.36. The van der Waals surface area contributed by atoms with Crippen LogP contribution in [-0.4, -0.2) is 0 Å². The molecular formula is C40H80. The summed E-state index contributed by atoms with van der Waals surface area (Å²) in [5.74, 6) is 4.16. The van der Waals surface area contributed by atoms with Crippen molar-refractivity contribution in [1.29, 1.82) is 0 Å². The highest BCUT2D eigenvalue weighted by Crippen LogP contribution is 2.13. The van der Waals surface area contributed by atoms with Crippen molar-refractivity contribution in [3.05, 3.63) is 48.1 Å². The van der Waals surface area contributed by atoms with Crippen molar-refractivity contribution < 1.29 is 0 Å². The van der Waals surface area contributed by atoms with Crippen molar-refractivity contribution >= 4 is 0 Å². The standard InChI is InChI=1S/4C10H20/c4*1-5-10(4)8-6-7-9(2)3/h8-9H,5-7H2,1-4H3;7,10H,5-6,8H2,1-4H3;9H,4-8H2,1-3H3;5,9-10H,1,6-8H2,2-4H3/b10-8+;;;. The molecule has 0 aromatic rings. The van der Waals surface area contributed by atoms with Crippen LogP contribution in [0.3, 0.4) is 0 Å². The average molecular weight is 561 g/mol. The van der Waals surface area contributed by atoms with E-state index in [1.807, 2.05) is 6.08 Å². The van der Waals surface area contributed by atoms with E-state index in [9.17, 15) is 0 Å². The molecule has 0 aromatic carbocycles. The Hall–Kier alpha value is -1.04. The molecule has 0 bridgehead atoms. The lowest BCUT2D eigenvalue weighted by molar-refractivity contribution is 0.502. The maximum Gasteiger partial charge on any atom is -0.0265 e. The van der Waals surface area contributed by atoms with E-state index in [4.69, 9.17) is 0 Å². The van der Waals surface area contributed by atoms with E-state index in [0.717, 1.165) is 30.1 Å². The van der Waals surface area contributed by atoms with Gasteiger partial charge in [-0.1, -0.05) is 143 Å². The molecule has 0 heteroatoms. The lowest BCUT2D eigenvalue weighted by Crippen LogP contribution is -1.92. The number of hydrogen-bond donors (Lipinski definition) is 0. The van der Waals surface area contributed by atoms with Gasteiger partial charge in [-0.25, -0.2) is 0 Å². The molecule has 0 fully saturated rings. The highest BCUT2D eigenvalue weighted by molar-refractivity contribution is 4.96. The van der Waals surface area contributed by atoms with Crippen molar-refractivity contribution in [2.75, 3.05) is 0 Å². The number of rotatable bonds is 18. The molecule has 0 aromatic heterocycles. The highest BCUT2D eigenvalue weighted by atomic mass is 14.0. The molecule has 0 aliphatic heterocycles. The zero-order chi connectivity index (χ0) is 31.9. The molecule has 0 spiro atoms. The maximum absolute atomic E-state index is 3.97. The molecule has 240 valence electrons. The van der Waals surface area contributed by atoms with Crippen LogP contribution in [0, 0.1) is 29.6 Å². The summed E-state index contributed by atoms with van der Waals surface area (Å²) in [5, 5.41) is 0. The lowest BCUT2D eigenvalue weighted by atomic mass is 10.00. The molecule has 2 atom stereocenters. The van der Waals surface area contributed by atoms with Gasteiger partial charge in [0, 0.05) is 0 Å². The van der Waals surface area contributed by atoms with Crippen molar-refractivity contribution in [3.63, 3.8) is 0 Å². The smallest absolute Gasteiger partial charge is 0.0265 e. The van der Waals surface area contributed by atoms with Gasteiger partial charge in [0.15, 0.2) is 0 Å². The summed E-state index contributed by atoms with van der Waals surface area (Å²) >= 11 is 0. The van der Waals surface area contributed by atoms with E-state index in [1.54, 1.807) is 0 Å². The van der Waals surface area contributed by atoms with Gasteiger partial charge in [-0.2, -0.15) is 0 Å². The SMILES string of the molecule is C=C(CC)CCCC(C)C.C=CC(C)CCCC(C)C.CC/C(C)=C/CCC(C)C.CCC(C)CCC=C(C)C. The second kappa shape index (κ2) is 34.2. The normalized spacial score (nSPS) is 12.4. The third kappa shape index (κ3) is 49.9. The molecule has 0 N–H and O–H groups in total. The Morgan fingerprint density at radius 2 is 1.12 bits per heavy atom. The van der Waals surface area contributed by atoms with E-state index in [1.165, 1.54) is 93.8 Å². The molecule has 0 saturated heterocycles. The summed E-state index contributed by atoms with van der Waals surface area (Å²) in [7, 11) is 0. The van der Waals surface area contributed by atoms with Gasteiger partial charge in [0.1, 0.15) is 0 Å². The van der Waals surface area contributed by atoms with E-state index in [2.05, 4.69) is 122 Å². The summed E-state index contributed by atoms with van der Waals surface area (Å²) in [6.07, 6.45) is 23.5. The van der Waals surface area contributed by atoms with Crippen LogP contribution >= 0.6 is 0 Å². The van der Waals surface area contributed by atoms with Gasteiger partial charge in [-0.05, 0) is 108 Å². The van der Waals surface area contributed by atoms with Crippen molar-refractivity contribution in [3.8, 4) is 0 Å². The first-order valence-corrected chi connectivity index (χ1v) is 17.2. The predicted molar refractivity (Wildman–Crippen MR) is 192 cm³/mol. The zero-order valence-electron chi connectivity index (χ0n) is 30.7. The Labute approximate surface area is 257 Å². The molecular weight excluding hydrogens is 480 g/mol.